The molecule has 2 saturated heterocycles. The average molecular weight is 572 g/mol. The van der Waals surface area contributed by atoms with Gasteiger partial charge in [-0.05, 0) is 61.8 Å². The third-order valence-corrected chi connectivity index (χ3v) is 8.56. The number of nitrogens with zero attached hydrogens (tertiary/aromatic N) is 5. The van der Waals surface area contributed by atoms with Crippen molar-refractivity contribution in [2.45, 2.75) is 38.3 Å². The third kappa shape index (κ3) is 5.25. The van der Waals surface area contributed by atoms with Gasteiger partial charge in [0.25, 0.3) is 17.5 Å². The number of fused-ring (bicyclic) bond motifs is 1. The van der Waals surface area contributed by atoms with E-state index >= 15 is 0 Å². The molecule has 1 atom stereocenters. The van der Waals surface area contributed by atoms with Crippen LogP contribution in [0.15, 0.2) is 42.6 Å². The topological polar surface area (TPSA) is 125 Å². The lowest BCUT2D eigenvalue weighted by Crippen LogP contribution is -2.43. The highest BCUT2D eigenvalue weighted by molar-refractivity contribution is 6.03. The first-order chi connectivity index (χ1) is 19.5. The number of alkyl halides is 3. The van der Waals surface area contributed by atoms with Gasteiger partial charge in [-0.15, -0.1) is 0 Å². The number of nitro benzene ring substituents is 1. The van der Waals surface area contributed by atoms with Crippen LogP contribution in [0.3, 0.4) is 0 Å². The molecule has 2 aliphatic heterocycles. The fourth-order valence-corrected chi connectivity index (χ4v) is 5.85. The molecule has 3 aliphatic rings. The number of hydrogen-bond acceptors (Lipinski definition) is 7. The highest BCUT2D eigenvalue weighted by atomic mass is 19.4. The van der Waals surface area contributed by atoms with Crippen LogP contribution in [0.2, 0.25) is 0 Å². The van der Waals surface area contributed by atoms with Crippen LogP contribution in [0.5, 0.6) is 0 Å². The highest BCUT2D eigenvalue weighted by Crippen LogP contribution is 2.54. The van der Waals surface area contributed by atoms with Crippen molar-refractivity contribution in [1.29, 1.82) is 0 Å². The number of pyridine rings is 1. The van der Waals surface area contributed by atoms with Gasteiger partial charge in [0.2, 0.25) is 0 Å². The second-order valence-electron chi connectivity index (χ2n) is 11.1. The molecule has 2 N–H and O–H groups in total. The molecule has 11 nitrogen and oxygen atoms in total. The summed E-state index contributed by atoms with van der Waals surface area (Å²) in [6, 6.07) is 8.59. The lowest BCUT2D eigenvalue weighted by Gasteiger charge is -2.34. The summed E-state index contributed by atoms with van der Waals surface area (Å²) in [7, 11) is 0. The summed E-state index contributed by atoms with van der Waals surface area (Å²) in [4.78, 5) is 40.7. The maximum Gasteiger partial charge on any atom is 0.393 e. The smallest absolute Gasteiger partial charge is 0.371 e. The predicted octanol–water partition coefficient (Wildman–Crippen LogP) is 4.09. The molecular formula is C27H28F3N7O4. The minimum Gasteiger partial charge on any atom is -0.371 e. The Morgan fingerprint density at radius 3 is 2.37 bits per heavy atom. The van der Waals surface area contributed by atoms with E-state index in [2.05, 4.69) is 16.0 Å². The van der Waals surface area contributed by atoms with E-state index < -0.39 is 28.8 Å². The Morgan fingerprint density at radius 2 is 1.71 bits per heavy atom. The second kappa shape index (κ2) is 9.93. The molecule has 1 aliphatic carbocycles. The van der Waals surface area contributed by atoms with E-state index in [0.29, 0.717) is 35.5 Å². The van der Waals surface area contributed by atoms with Crippen LogP contribution in [-0.2, 0) is 0 Å². The number of amides is 2. The monoisotopic (exact) mass is 571 g/mol. The van der Waals surface area contributed by atoms with E-state index in [1.807, 2.05) is 4.90 Å². The normalized spacial score (nSPS) is 19.9. The van der Waals surface area contributed by atoms with Crippen molar-refractivity contribution in [3.63, 3.8) is 0 Å². The number of hydrogen-bond donors (Lipinski definition) is 2. The Balaban J connectivity index is 1.19. The lowest BCUT2D eigenvalue weighted by molar-refractivity contribution is -0.384. The van der Waals surface area contributed by atoms with E-state index in [0.717, 1.165) is 12.8 Å². The molecule has 0 radical (unpaired) electrons. The number of anilines is 2. The standard InChI is InChI=1S/C27H28F3N7O4/c28-27(29,30)18-4-10-35(16-18)23-14-17(13-19-3-9-31-36(19)23)24(38)32-33-25(39)21-2-1-20(37(40)41)15-22(21)34-11-7-26(5-6-26)8-12-34/h1-3,9,13-15,18H,4-8,10-12,16H2,(H,32,38)(H,33,39). The van der Waals surface area contributed by atoms with E-state index in [-0.39, 0.29) is 36.3 Å². The number of aromatic nitrogens is 2. The molecule has 4 heterocycles. The summed E-state index contributed by atoms with van der Waals surface area (Å²) in [5.41, 5.74) is 6.24. The van der Waals surface area contributed by atoms with Crippen LogP contribution < -0.4 is 20.7 Å². The summed E-state index contributed by atoms with van der Waals surface area (Å²) in [5, 5.41) is 15.6. The Labute approximate surface area is 232 Å². The van der Waals surface area contributed by atoms with Crippen LogP contribution in [0, 0.1) is 21.4 Å². The first-order valence-electron chi connectivity index (χ1n) is 13.5. The molecule has 6 rings (SSSR count). The number of non-ortho nitro benzene ring substituents is 1. The summed E-state index contributed by atoms with van der Waals surface area (Å²) in [5.74, 6) is -2.46. The zero-order valence-corrected chi connectivity index (χ0v) is 22.0. The second-order valence-corrected chi connectivity index (χ2v) is 11.1. The highest BCUT2D eigenvalue weighted by Gasteiger charge is 2.45. The van der Waals surface area contributed by atoms with Gasteiger partial charge in [0.1, 0.15) is 5.82 Å². The van der Waals surface area contributed by atoms with Gasteiger partial charge in [-0.3, -0.25) is 30.6 Å². The molecule has 3 fully saturated rings. The molecule has 1 saturated carbocycles. The van der Waals surface area contributed by atoms with Gasteiger partial charge >= 0.3 is 6.18 Å². The van der Waals surface area contributed by atoms with Crippen molar-refractivity contribution in [2.75, 3.05) is 36.0 Å². The number of hydrazine groups is 1. The summed E-state index contributed by atoms with van der Waals surface area (Å²) in [6.45, 7) is 1.25. The number of carbonyl (C=O) groups is 2. The molecule has 41 heavy (non-hydrogen) atoms. The molecule has 14 heteroatoms. The molecule has 216 valence electrons. The average Bonchev–Trinajstić information content (AvgIpc) is 3.32. The van der Waals surface area contributed by atoms with Crippen molar-refractivity contribution in [3.05, 3.63) is 63.8 Å². The Kier molecular flexibility index (Phi) is 6.50. The third-order valence-electron chi connectivity index (χ3n) is 8.56. The van der Waals surface area contributed by atoms with Crippen LogP contribution in [-0.4, -0.2) is 58.7 Å². The van der Waals surface area contributed by atoms with Crippen molar-refractivity contribution in [2.24, 2.45) is 11.3 Å². The maximum absolute atomic E-state index is 13.3. The molecule has 2 amide bonds. The number of rotatable bonds is 5. The molecule has 0 bridgehead atoms. The van der Waals surface area contributed by atoms with Crippen LogP contribution in [0.25, 0.3) is 5.52 Å². The fourth-order valence-electron chi connectivity index (χ4n) is 5.85. The summed E-state index contributed by atoms with van der Waals surface area (Å²) in [6.07, 6.45) is 1.38. The van der Waals surface area contributed by atoms with Gasteiger partial charge in [-0.1, -0.05) is 0 Å². The minimum absolute atomic E-state index is 0.0612. The largest absolute Gasteiger partial charge is 0.393 e. The number of benzene rings is 1. The number of nitro groups is 1. The van der Waals surface area contributed by atoms with Crippen LogP contribution in [0.1, 0.15) is 52.8 Å². The molecule has 2 aromatic heterocycles. The molecule has 1 spiro atoms. The lowest BCUT2D eigenvalue weighted by atomic mass is 9.93. The summed E-state index contributed by atoms with van der Waals surface area (Å²) >= 11 is 0. The first kappa shape index (κ1) is 26.8. The summed E-state index contributed by atoms with van der Waals surface area (Å²) < 4.78 is 41.3. The SMILES string of the molecule is O=C(NNC(=O)c1ccc([N+](=O)[O-])cc1N1CCC2(CC1)CC2)c1cc(N2CCC(C(F)(F)F)C2)n2nccc2c1. The molecule has 3 aromatic rings. The van der Waals surface area contributed by atoms with Gasteiger partial charge in [0.05, 0.1) is 33.8 Å². The number of nitrogens with one attached hydrogen (secondary N) is 2. The first-order valence-corrected chi connectivity index (χ1v) is 13.5. The van der Waals surface area contributed by atoms with Gasteiger partial charge in [-0.2, -0.15) is 18.3 Å². The number of carbonyl (C=O) groups excluding carboxylic acids is 2. The predicted molar refractivity (Wildman–Crippen MR) is 143 cm³/mol. The molecule has 1 unspecified atom stereocenters. The van der Waals surface area contributed by atoms with E-state index in [1.54, 1.807) is 11.0 Å². The van der Waals surface area contributed by atoms with Crippen LogP contribution >= 0.6 is 0 Å². The van der Waals surface area contributed by atoms with E-state index in [4.69, 9.17) is 0 Å². The Morgan fingerprint density at radius 1 is 0.976 bits per heavy atom. The van der Waals surface area contributed by atoms with E-state index in [9.17, 15) is 32.9 Å². The van der Waals surface area contributed by atoms with Crippen molar-refractivity contribution in [1.82, 2.24) is 20.5 Å². The molecule has 1 aromatic carbocycles. The zero-order chi connectivity index (χ0) is 28.9. The molecular weight excluding hydrogens is 543 g/mol. The Bertz CT molecular complexity index is 1520. The van der Waals surface area contributed by atoms with Crippen molar-refractivity contribution < 1.29 is 27.7 Å². The van der Waals surface area contributed by atoms with Gasteiger partial charge in [-0.25, -0.2) is 4.52 Å². The maximum atomic E-state index is 13.3. The number of piperidine rings is 1. The van der Waals surface area contributed by atoms with E-state index in [1.165, 1.54) is 53.9 Å². The fraction of sp³-hybridized carbons (Fsp3) is 0.444. The quantitative estimate of drug-likeness (QED) is 0.349. The van der Waals surface area contributed by atoms with Gasteiger partial charge in [0.15, 0.2) is 0 Å². The van der Waals surface area contributed by atoms with Gasteiger partial charge in [0, 0.05) is 43.9 Å². The number of halogens is 3. The Hall–Kier alpha value is -4.36. The zero-order valence-electron chi connectivity index (χ0n) is 22.0. The van der Waals surface area contributed by atoms with Crippen molar-refractivity contribution >= 4 is 34.5 Å². The van der Waals surface area contributed by atoms with Crippen molar-refractivity contribution in [3.8, 4) is 0 Å². The van der Waals surface area contributed by atoms with Gasteiger partial charge < -0.3 is 9.80 Å². The van der Waals surface area contributed by atoms with Crippen LogP contribution in [0.4, 0.5) is 30.4 Å². The minimum atomic E-state index is -4.32.